The van der Waals surface area contributed by atoms with Gasteiger partial charge in [0.15, 0.2) is 5.11 Å². The minimum absolute atomic E-state index is 0.244. The van der Waals surface area contributed by atoms with Gasteiger partial charge in [-0.3, -0.25) is 0 Å². The zero-order valence-electron chi connectivity index (χ0n) is 7.37. The van der Waals surface area contributed by atoms with Gasteiger partial charge in [-0.1, -0.05) is 0 Å². The Bertz CT molecular complexity index is 350. The molecule has 0 aliphatic heterocycles. The first-order chi connectivity index (χ1) is 6.69. The molecule has 1 aromatic rings. The highest BCUT2D eigenvalue weighted by Gasteiger charge is 2.13. The van der Waals surface area contributed by atoms with Gasteiger partial charge in [0.05, 0.1) is 12.8 Å². The number of carbonyl (C=O) groups excluding carboxylic acids is 1. The third kappa shape index (κ3) is 2.41. The highest BCUT2D eigenvalue weighted by Crippen LogP contribution is 2.22. The Labute approximate surface area is 90.2 Å². The maximum atomic E-state index is 11.2. The number of rotatable bonds is 2. The number of ether oxygens (including phenoxy) is 1. The molecule has 0 fully saturated rings. The van der Waals surface area contributed by atoms with Gasteiger partial charge in [0.1, 0.15) is 4.88 Å². The summed E-state index contributed by atoms with van der Waals surface area (Å²) in [6, 6.07) is 1.72. The smallest absolute Gasteiger partial charge is 0.350 e. The summed E-state index contributed by atoms with van der Waals surface area (Å²) in [4.78, 5) is 11.7. The van der Waals surface area contributed by atoms with Crippen LogP contribution < -0.4 is 16.6 Å². The molecule has 0 aromatic carbocycles. The van der Waals surface area contributed by atoms with Crippen molar-refractivity contribution in [2.75, 3.05) is 12.4 Å². The van der Waals surface area contributed by atoms with Crippen molar-refractivity contribution < 1.29 is 9.53 Å². The molecule has 0 bridgehead atoms. The normalized spacial score (nSPS) is 9.29. The van der Waals surface area contributed by atoms with Crippen LogP contribution in [0.15, 0.2) is 11.4 Å². The van der Waals surface area contributed by atoms with Crippen LogP contribution in [0.25, 0.3) is 0 Å². The van der Waals surface area contributed by atoms with Crippen molar-refractivity contribution in [3.63, 3.8) is 0 Å². The van der Waals surface area contributed by atoms with E-state index in [1.165, 1.54) is 18.4 Å². The van der Waals surface area contributed by atoms with Crippen LogP contribution in [-0.4, -0.2) is 18.2 Å². The molecule has 5 nitrogen and oxygen atoms in total. The standard InChI is InChI=1S/C7H9N3O2S2/c1-12-6(11)5-4(2-3-14-5)9-7(13)10-8/h2-3H,8H2,1H3,(H2,9,10,13). The van der Waals surface area contributed by atoms with Crippen LogP contribution in [0, 0.1) is 0 Å². The number of carbonyl (C=O) groups is 1. The summed E-state index contributed by atoms with van der Waals surface area (Å²) in [5.41, 5.74) is 2.85. The van der Waals surface area contributed by atoms with E-state index in [-0.39, 0.29) is 5.11 Å². The summed E-state index contributed by atoms with van der Waals surface area (Å²) >= 11 is 6.06. The molecule has 0 atom stereocenters. The fourth-order valence-electron chi connectivity index (χ4n) is 0.817. The molecule has 1 heterocycles. The molecule has 7 heteroatoms. The van der Waals surface area contributed by atoms with Gasteiger partial charge in [0.2, 0.25) is 0 Å². The second kappa shape index (κ2) is 4.89. The van der Waals surface area contributed by atoms with Gasteiger partial charge in [-0.2, -0.15) is 0 Å². The third-order valence-electron chi connectivity index (χ3n) is 1.42. The SMILES string of the molecule is COC(=O)c1sccc1NC(=S)NN. The maximum absolute atomic E-state index is 11.2. The Hall–Kier alpha value is -1.18. The predicted molar refractivity (Wildman–Crippen MR) is 59.2 cm³/mol. The molecular formula is C7H9N3O2S2. The molecule has 1 rings (SSSR count). The van der Waals surface area contributed by atoms with E-state index >= 15 is 0 Å². The first-order valence-corrected chi connectivity index (χ1v) is 4.91. The Balaban J connectivity index is 2.82. The zero-order valence-corrected chi connectivity index (χ0v) is 9.00. The van der Waals surface area contributed by atoms with Crippen molar-refractivity contribution in [1.82, 2.24) is 5.43 Å². The molecule has 0 saturated heterocycles. The Morgan fingerprint density at radius 3 is 3.00 bits per heavy atom. The van der Waals surface area contributed by atoms with Crippen molar-refractivity contribution in [3.8, 4) is 0 Å². The number of anilines is 1. The molecule has 4 N–H and O–H groups in total. The second-order valence-corrected chi connectivity index (χ2v) is 3.58. The van der Waals surface area contributed by atoms with E-state index in [1.54, 1.807) is 11.4 Å². The average Bonchev–Trinajstić information content (AvgIpc) is 2.64. The number of methoxy groups -OCH3 is 1. The van der Waals surface area contributed by atoms with Gasteiger partial charge >= 0.3 is 5.97 Å². The van der Waals surface area contributed by atoms with Crippen LogP contribution in [-0.2, 0) is 4.74 Å². The van der Waals surface area contributed by atoms with Gasteiger partial charge in [0.25, 0.3) is 0 Å². The van der Waals surface area contributed by atoms with E-state index in [1.807, 2.05) is 0 Å². The summed E-state index contributed by atoms with van der Waals surface area (Å²) in [7, 11) is 1.32. The Kier molecular flexibility index (Phi) is 3.81. The number of thiophene rings is 1. The minimum atomic E-state index is -0.401. The lowest BCUT2D eigenvalue weighted by molar-refractivity contribution is 0.0607. The molecule has 0 radical (unpaired) electrons. The number of hydrazine groups is 1. The molecule has 14 heavy (non-hydrogen) atoms. The molecule has 0 aliphatic carbocycles. The largest absolute Gasteiger partial charge is 0.465 e. The number of hydrogen-bond acceptors (Lipinski definition) is 5. The van der Waals surface area contributed by atoms with E-state index in [9.17, 15) is 4.79 Å². The molecule has 76 valence electrons. The van der Waals surface area contributed by atoms with E-state index in [2.05, 4.69) is 15.5 Å². The Morgan fingerprint density at radius 1 is 1.71 bits per heavy atom. The van der Waals surface area contributed by atoms with Crippen molar-refractivity contribution in [2.24, 2.45) is 5.84 Å². The number of hydrogen-bond donors (Lipinski definition) is 3. The summed E-state index contributed by atoms with van der Waals surface area (Å²) in [5, 5.41) is 4.76. The number of nitrogens with one attached hydrogen (secondary N) is 2. The molecule has 0 unspecified atom stereocenters. The maximum Gasteiger partial charge on any atom is 0.350 e. The van der Waals surface area contributed by atoms with Crippen LogP contribution in [0.5, 0.6) is 0 Å². The van der Waals surface area contributed by atoms with Crippen molar-refractivity contribution in [1.29, 1.82) is 0 Å². The quantitative estimate of drug-likeness (QED) is 0.301. The van der Waals surface area contributed by atoms with Crippen LogP contribution in [0.4, 0.5) is 5.69 Å². The highest BCUT2D eigenvalue weighted by molar-refractivity contribution is 7.80. The van der Waals surface area contributed by atoms with Crippen LogP contribution >= 0.6 is 23.6 Å². The molecular weight excluding hydrogens is 222 g/mol. The number of thiocarbonyl (C=S) groups is 1. The van der Waals surface area contributed by atoms with Crippen LogP contribution in [0.1, 0.15) is 9.67 Å². The predicted octanol–water partition coefficient (Wildman–Crippen LogP) is 0.695. The van der Waals surface area contributed by atoms with Crippen molar-refractivity contribution in [3.05, 3.63) is 16.3 Å². The van der Waals surface area contributed by atoms with Gasteiger partial charge in [-0.05, 0) is 23.7 Å². The summed E-state index contributed by atoms with van der Waals surface area (Å²) < 4.78 is 4.59. The fraction of sp³-hybridized carbons (Fsp3) is 0.143. The van der Waals surface area contributed by atoms with E-state index in [0.29, 0.717) is 10.6 Å². The lowest BCUT2D eigenvalue weighted by Crippen LogP contribution is -2.34. The van der Waals surface area contributed by atoms with Crippen molar-refractivity contribution >= 4 is 40.3 Å². The first-order valence-electron chi connectivity index (χ1n) is 3.62. The number of nitrogens with two attached hydrogens (primary N) is 1. The lowest BCUT2D eigenvalue weighted by atomic mass is 10.4. The average molecular weight is 231 g/mol. The summed E-state index contributed by atoms with van der Waals surface area (Å²) in [5.74, 6) is 4.68. The van der Waals surface area contributed by atoms with Gasteiger partial charge in [0, 0.05) is 0 Å². The first kappa shape index (κ1) is 10.9. The third-order valence-corrected chi connectivity index (χ3v) is 2.53. The molecule has 0 saturated carbocycles. The van der Waals surface area contributed by atoms with E-state index in [0.717, 1.165) is 0 Å². The molecule has 0 amide bonds. The van der Waals surface area contributed by atoms with E-state index < -0.39 is 5.97 Å². The zero-order chi connectivity index (χ0) is 10.6. The fourth-order valence-corrected chi connectivity index (χ4v) is 1.69. The molecule has 0 aliphatic rings. The van der Waals surface area contributed by atoms with Gasteiger partial charge in [-0.25, -0.2) is 10.6 Å². The second-order valence-electron chi connectivity index (χ2n) is 2.25. The monoisotopic (exact) mass is 231 g/mol. The van der Waals surface area contributed by atoms with Crippen LogP contribution in [0.2, 0.25) is 0 Å². The lowest BCUT2D eigenvalue weighted by Gasteiger charge is -2.06. The Morgan fingerprint density at radius 2 is 2.43 bits per heavy atom. The topological polar surface area (TPSA) is 76.4 Å². The number of esters is 1. The summed E-state index contributed by atoms with van der Waals surface area (Å²) in [6.07, 6.45) is 0. The summed E-state index contributed by atoms with van der Waals surface area (Å²) in [6.45, 7) is 0. The molecule has 1 aromatic heterocycles. The van der Waals surface area contributed by atoms with Gasteiger partial charge < -0.3 is 15.5 Å². The van der Waals surface area contributed by atoms with E-state index in [4.69, 9.17) is 18.1 Å². The van der Waals surface area contributed by atoms with Gasteiger partial charge in [-0.15, -0.1) is 11.3 Å². The molecule has 0 spiro atoms. The van der Waals surface area contributed by atoms with Crippen LogP contribution in [0.3, 0.4) is 0 Å². The highest BCUT2D eigenvalue weighted by atomic mass is 32.1. The van der Waals surface area contributed by atoms with Crippen molar-refractivity contribution in [2.45, 2.75) is 0 Å². The minimum Gasteiger partial charge on any atom is -0.465 e.